The molecule has 3 rings (SSSR count). The Hall–Kier alpha value is -0.790. The van der Waals surface area contributed by atoms with Crippen LogP contribution in [0.2, 0.25) is 0 Å². The maximum absolute atomic E-state index is 6.01. The van der Waals surface area contributed by atoms with E-state index in [0.29, 0.717) is 11.2 Å². The molecule has 18 heavy (non-hydrogen) atoms. The van der Waals surface area contributed by atoms with Gasteiger partial charge in [0.2, 0.25) is 11.1 Å². The predicted octanol–water partition coefficient (Wildman–Crippen LogP) is 1.21. The highest BCUT2D eigenvalue weighted by Crippen LogP contribution is 2.40. The number of rotatable bonds is 2. The number of nitrogens with two attached hydrogens (primary N) is 1. The van der Waals surface area contributed by atoms with Crippen LogP contribution in [0, 0.1) is 0 Å². The Labute approximate surface area is 110 Å². The number of anilines is 1. The van der Waals surface area contributed by atoms with Crippen molar-refractivity contribution in [2.24, 2.45) is 0 Å². The van der Waals surface area contributed by atoms with Gasteiger partial charge in [-0.1, -0.05) is 11.8 Å². The van der Waals surface area contributed by atoms with E-state index >= 15 is 0 Å². The van der Waals surface area contributed by atoms with Gasteiger partial charge in [0.15, 0.2) is 0 Å². The minimum Gasteiger partial charge on any atom is -0.381 e. The molecule has 0 aromatic carbocycles. The van der Waals surface area contributed by atoms with E-state index in [4.69, 9.17) is 15.2 Å². The summed E-state index contributed by atoms with van der Waals surface area (Å²) in [7, 11) is 0. The molecule has 2 aliphatic rings. The summed E-state index contributed by atoms with van der Waals surface area (Å²) in [6.07, 6.45) is 4.09. The molecule has 0 aliphatic carbocycles. The van der Waals surface area contributed by atoms with E-state index in [9.17, 15) is 0 Å². The quantitative estimate of drug-likeness (QED) is 0.840. The van der Waals surface area contributed by atoms with Crippen LogP contribution in [-0.4, -0.2) is 45.9 Å². The van der Waals surface area contributed by atoms with Gasteiger partial charge in [0.25, 0.3) is 0 Å². The van der Waals surface area contributed by atoms with E-state index in [1.54, 1.807) is 11.8 Å². The summed E-state index contributed by atoms with van der Waals surface area (Å²) >= 11 is 1.70. The number of nitrogen functional groups attached to an aromatic ring is 1. The van der Waals surface area contributed by atoms with Crippen LogP contribution in [0.15, 0.2) is 5.16 Å². The Bertz CT molecular complexity index is 400. The third-order valence-electron chi connectivity index (χ3n) is 3.61. The first kappa shape index (κ1) is 12.3. The average Bonchev–Trinajstić information content (AvgIpc) is 2.76. The lowest BCUT2D eigenvalue weighted by atomic mass is 9.86. The molecule has 1 unspecified atom stereocenters. The molecule has 2 fully saturated rings. The molecule has 7 heteroatoms. The van der Waals surface area contributed by atoms with Crippen molar-refractivity contribution in [1.29, 1.82) is 0 Å². The van der Waals surface area contributed by atoms with Crippen LogP contribution < -0.4 is 5.73 Å². The lowest BCUT2D eigenvalue weighted by molar-refractivity contribution is -0.131. The molecule has 0 saturated carbocycles. The van der Waals surface area contributed by atoms with Crippen LogP contribution >= 0.6 is 11.8 Å². The van der Waals surface area contributed by atoms with E-state index < -0.39 is 0 Å². The second kappa shape index (κ2) is 5.07. The summed E-state index contributed by atoms with van der Waals surface area (Å²) in [4.78, 5) is 4.15. The first-order chi connectivity index (χ1) is 8.76. The van der Waals surface area contributed by atoms with Crippen LogP contribution in [0.3, 0.4) is 0 Å². The lowest BCUT2D eigenvalue weighted by Crippen LogP contribution is -2.45. The fourth-order valence-corrected chi connectivity index (χ4v) is 3.78. The molecule has 1 atom stereocenters. The predicted molar refractivity (Wildman–Crippen MR) is 68.4 cm³/mol. The number of nitrogens with zero attached hydrogens (tertiary/aromatic N) is 2. The molecule has 2 saturated heterocycles. The zero-order valence-corrected chi connectivity index (χ0v) is 11.0. The molecule has 1 spiro atoms. The van der Waals surface area contributed by atoms with Gasteiger partial charge in [0.05, 0.1) is 5.60 Å². The van der Waals surface area contributed by atoms with Crippen molar-refractivity contribution in [3.8, 4) is 0 Å². The number of hydrogen-bond donors (Lipinski definition) is 2. The summed E-state index contributed by atoms with van der Waals surface area (Å²) in [6, 6.07) is 0. The molecule has 6 nitrogen and oxygen atoms in total. The molecular weight excluding hydrogens is 252 g/mol. The Morgan fingerprint density at radius 3 is 2.89 bits per heavy atom. The highest BCUT2D eigenvalue weighted by Gasteiger charge is 2.39. The fraction of sp³-hybridized carbons (Fsp3) is 0.818. The minimum absolute atomic E-state index is 0.0238. The van der Waals surface area contributed by atoms with Crippen LogP contribution in [0.1, 0.15) is 25.7 Å². The summed E-state index contributed by atoms with van der Waals surface area (Å²) in [5.41, 5.74) is 5.56. The van der Waals surface area contributed by atoms with Crippen molar-refractivity contribution < 1.29 is 9.47 Å². The molecule has 0 radical (unpaired) electrons. The zero-order valence-electron chi connectivity index (χ0n) is 10.2. The van der Waals surface area contributed by atoms with E-state index in [-0.39, 0.29) is 5.60 Å². The monoisotopic (exact) mass is 270 g/mol. The molecule has 1 aromatic heterocycles. The average molecular weight is 270 g/mol. The van der Waals surface area contributed by atoms with Gasteiger partial charge in [-0.05, 0) is 25.7 Å². The van der Waals surface area contributed by atoms with Gasteiger partial charge in [-0.3, -0.25) is 0 Å². The maximum atomic E-state index is 6.01. The topological polar surface area (TPSA) is 86.1 Å². The largest absolute Gasteiger partial charge is 0.381 e. The number of ether oxygens (including phenoxy) is 2. The number of thioether (sulfide) groups is 1. The van der Waals surface area contributed by atoms with Gasteiger partial charge in [0.1, 0.15) is 0 Å². The highest BCUT2D eigenvalue weighted by molar-refractivity contribution is 7.99. The van der Waals surface area contributed by atoms with E-state index in [1.165, 1.54) is 0 Å². The number of H-pyrrole nitrogens is 1. The molecular formula is C11H18N4O2S. The smallest absolute Gasteiger partial charge is 0.216 e. The summed E-state index contributed by atoms with van der Waals surface area (Å²) in [5, 5.41) is 8.00. The highest BCUT2D eigenvalue weighted by atomic mass is 32.2. The number of hydrogen-bond acceptors (Lipinski definition) is 6. The van der Waals surface area contributed by atoms with Crippen LogP contribution in [0.25, 0.3) is 0 Å². The Kier molecular flexibility index (Phi) is 3.45. The van der Waals surface area contributed by atoms with Gasteiger partial charge in [-0.2, -0.15) is 4.98 Å². The molecule has 1 aromatic rings. The third kappa shape index (κ3) is 2.62. The van der Waals surface area contributed by atoms with Gasteiger partial charge < -0.3 is 15.2 Å². The maximum Gasteiger partial charge on any atom is 0.216 e. The van der Waals surface area contributed by atoms with Crippen LogP contribution in [-0.2, 0) is 9.47 Å². The van der Waals surface area contributed by atoms with E-state index in [2.05, 4.69) is 15.2 Å². The zero-order chi connectivity index (χ0) is 12.4. The Balaban J connectivity index is 1.63. The molecule has 3 heterocycles. The van der Waals surface area contributed by atoms with Crippen LogP contribution in [0.4, 0.5) is 5.95 Å². The summed E-state index contributed by atoms with van der Waals surface area (Å²) in [6.45, 7) is 2.44. The normalized spacial score (nSPS) is 27.4. The second-order valence-electron chi connectivity index (χ2n) is 4.88. The lowest BCUT2D eigenvalue weighted by Gasteiger charge is -2.42. The fourth-order valence-electron chi connectivity index (χ4n) is 2.64. The SMILES string of the molecule is Nc1nc(SC2CCOC3(CCOCC3)C2)n[nH]1. The van der Waals surface area contributed by atoms with Crippen molar-refractivity contribution in [1.82, 2.24) is 15.2 Å². The number of aromatic nitrogens is 3. The summed E-state index contributed by atoms with van der Waals surface area (Å²) < 4.78 is 11.4. The van der Waals surface area contributed by atoms with Gasteiger partial charge in [0, 0.05) is 25.1 Å². The first-order valence-corrected chi connectivity index (χ1v) is 7.20. The number of nitrogens with one attached hydrogen (secondary N) is 1. The van der Waals surface area contributed by atoms with Gasteiger partial charge in [-0.25, -0.2) is 5.10 Å². The molecule has 0 amide bonds. The van der Waals surface area contributed by atoms with Crippen molar-refractivity contribution >= 4 is 17.7 Å². The van der Waals surface area contributed by atoms with Crippen molar-refractivity contribution in [3.63, 3.8) is 0 Å². The van der Waals surface area contributed by atoms with Crippen molar-refractivity contribution in [2.45, 2.75) is 41.7 Å². The number of aromatic amines is 1. The minimum atomic E-state index is 0.0238. The van der Waals surface area contributed by atoms with E-state index in [1.807, 2.05) is 0 Å². The van der Waals surface area contributed by atoms with Crippen molar-refractivity contribution in [2.75, 3.05) is 25.6 Å². The third-order valence-corrected chi connectivity index (χ3v) is 4.74. The molecule has 0 bridgehead atoms. The van der Waals surface area contributed by atoms with Crippen LogP contribution in [0.5, 0.6) is 0 Å². The molecule has 100 valence electrons. The van der Waals surface area contributed by atoms with Gasteiger partial charge in [-0.15, -0.1) is 5.10 Å². The summed E-state index contributed by atoms with van der Waals surface area (Å²) in [5.74, 6) is 0.380. The first-order valence-electron chi connectivity index (χ1n) is 6.32. The van der Waals surface area contributed by atoms with Crippen molar-refractivity contribution in [3.05, 3.63) is 0 Å². The molecule has 3 N–H and O–H groups in total. The molecule has 2 aliphatic heterocycles. The second-order valence-corrected chi connectivity index (χ2v) is 6.15. The Morgan fingerprint density at radius 2 is 2.17 bits per heavy atom. The van der Waals surface area contributed by atoms with E-state index in [0.717, 1.165) is 50.7 Å². The standard InChI is InChI=1S/C11H18N4O2S/c12-9-13-10(15-14-9)18-8-1-4-17-11(7-8)2-5-16-6-3-11/h8H,1-7H2,(H3,12,13,14,15). The van der Waals surface area contributed by atoms with Gasteiger partial charge >= 0.3 is 0 Å². The Morgan fingerprint density at radius 1 is 1.33 bits per heavy atom.